The summed E-state index contributed by atoms with van der Waals surface area (Å²) in [5.74, 6) is -0.214. The third kappa shape index (κ3) is 3.27. The summed E-state index contributed by atoms with van der Waals surface area (Å²) in [5, 5.41) is 0. The molecule has 0 spiro atoms. The highest BCUT2D eigenvalue weighted by Crippen LogP contribution is 2.28. The zero-order valence-electron chi connectivity index (χ0n) is 8.99. The monoisotopic (exact) mass is 202 g/mol. The van der Waals surface area contributed by atoms with Crippen molar-refractivity contribution in [3.63, 3.8) is 0 Å². The first kappa shape index (κ1) is 11.5. The van der Waals surface area contributed by atoms with Crippen LogP contribution in [0.4, 0.5) is 0 Å². The quantitative estimate of drug-likeness (QED) is 0.478. The van der Waals surface area contributed by atoms with Crippen LogP contribution in [0, 0.1) is 0 Å². The Morgan fingerprint density at radius 3 is 2.50 bits per heavy atom. The van der Waals surface area contributed by atoms with Gasteiger partial charge in [0.25, 0.3) is 0 Å². The number of rotatable bonds is 6. The van der Waals surface area contributed by atoms with Crippen molar-refractivity contribution in [2.45, 2.75) is 45.5 Å². The molecule has 0 aromatic carbocycles. The molecule has 4 heteroatoms. The van der Waals surface area contributed by atoms with Crippen LogP contribution in [0.25, 0.3) is 0 Å². The number of carbonyl (C=O) groups is 1. The van der Waals surface area contributed by atoms with Crippen LogP contribution < -0.4 is 0 Å². The van der Waals surface area contributed by atoms with Gasteiger partial charge in [0.05, 0.1) is 25.2 Å². The fourth-order valence-corrected chi connectivity index (χ4v) is 1.46. The summed E-state index contributed by atoms with van der Waals surface area (Å²) in [7, 11) is 0. The van der Waals surface area contributed by atoms with Crippen molar-refractivity contribution >= 4 is 5.97 Å². The molecule has 0 bridgehead atoms. The van der Waals surface area contributed by atoms with Crippen LogP contribution in [-0.2, 0) is 19.0 Å². The van der Waals surface area contributed by atoms with Gasteiger partial charge < -0.3 is 14.2 Å². The molecule has 1 aliphatic heterocycles. The first-order chi connectivity index (χ1) is 6.69. The highest BCUT2D eigenvalue weighted by atomic mass is 16.6. The van der Waals surface area contributed by atoms with E-state index < -0.39 is 0 Å². The van der Waals surface area contributed by atoms with Gasteiger partial charge in [0, 0.05) is 6.61 Å². The Bertz CT molecular complexity index is 193. The molecule has 1 aliphatic rings. The fraction of sp³-hybridized carbons (Fsp3) is 0.900. The van der Waals surface area contributed by atoms with Gasteiger partial charge >= 0.3 is 5.97 Å². The summed E-state index contributed by atoms with van der Waals surface area (Å²) in [6.07, 6.45) is 0.422. The van der Waals surface area contributed by atoms with E-state index >= 15 is 0 Å². The molecule has 1 saturated heterocycles. The molecule has 1 heterocycles. The van der Waals surface area contributed by atoms with Crippen molar-refractivity contribution in [2.24, 2.45) is 0 Å². The predicted octanol–water partition coefficient (Wildman–Crippen LogP) is 1.13. The second kappa shape index (κ2) is 5.32. The zero-order chi connectivity index (χ0) is 10.6. The van der Waals surface area contributed by atoms with Crippen LogP contribution in [-0.4, -0.2) is 37.5 Å². The molecular weight excluding hydrogens is 184 g/mol. The summed E-state index contributed by atoms with van der Waals surface area (Å²) in [4.78, 5) is 11.2. The van der Waals surface area contributed by atoms with E-state index in [1.54, 1.807) is 6.92 Å². The molecule has 1 rings (SSSR count). The molecule has 3 unspecified atom stereocenters. The van der Waals surface area contributed by atoms with Gasteiger partial charge in [0.2, 0.25) is 0 Å². The van der Waals surface area contributed by atoms with Crippen molar-refractivity contribution in [1.82, 2.24) is 0 Å². The topological polar surface area (TPSA) is 48.1 Å². The lowest BCUT2D eigenvalue weighted by atomic mass is 10.1. The van der Waals surface area contributed by atoms with E-state index in [2.05, 4.69) is 0 Å². The normalized spacial score (nSPS) is 27.1. The number of ether oxygens (including phenoxy) is 3. The minimum Gasteiger partial charge on any atom is -0.466 e. The number of hydrogen-bond acceptors (Lipinski definition) is 4. The average molecular weight is 202 g/mol. The van der Waals surface area contributed by atoms with E-state index in [-0.39, 0.29) is 30.7 Å². The second-order valence-electron chi connectivity index (χ2n) is 3.31. The summed E-state index contributed by atoms with van der Waals surface area (Å²) < 4.78 is 15.6. The maximum atomic E-state index is 11.2. The van der Waals surface area contributed by atoms with Crippen molar-refractivity contribution < 1.29 is 19.0 Å². The maximum absolute atomic E-state index is 11.2. The highest BCUT2D eigenvalue weighted by Gasteiger charge is 2.42. The van der Waals surface area contributed by atoms with Gasteiger partial charge in [-0.1, -0.05) is 0 Å². The summed E-state index contributed by atoms with van der Waals surface area (Å²) in [6.45, 7) is 6.69. The molecule has 0 aromatic heterocycles. The second-order valence-corrected chi connectivity index (χ2v) is 3.31. The van der Waals surface area contributed by atoms with Crippen molar-refractivity contribution in [3.8, 4) is 0 Å². The predicted molar refractivity (Wildman–Crippen MR) is 51.0 cm³/mol. The van der Waals surface area contributed by atoms with Crippen LogP contribution >= 0.6 is 0 Å². The van der Waals surface area contributed by atoms with Crippen LogP contribution in [0.1, 0.15) is 27.2 Å². The van der Waals surface area contributed by atoms with Crippen LogP contribution in [0.3, 0.4) is 0 Å². The van der Waals surface area contributed by atoms with Gasteiger partial charge in [-0.2, -0.15) is 0 Å². The number of epoxide rings is 1. The van der Waals surface area contributed by atoms with Crippen molar-refractivity contribution in [3.05, 3.63) is 0 Å². The lowest BCUT2D eigenvalue weighted by Gasteiger charge is -2.13. The Kier molecular flexibility index (Phi) is 4.35. The van der Waals surface area contributed by atoms with E-state index in [0.29, 0.717) is 13.2 Å². The Hall–Kier alpha value is -0.610. The minimum absolute atomic E-state index is 0.0688. The SMILES string of the molecule is CCOC(=O)CC(OCC)C1OC1C. The molecular formula is C10H18O4. The number of carbonyl (C=O) groups excluding carboxylic acids is 1. The van der Waals surface area contributed by atoms with Crippen molar-refractivity contribution in [2.75, 3.05) is 13.2 Å². The molecule has 1 fully saturated rings. The number of hydrogen-bond donors (Lipinski definition) is 0. The van der Waals surface area contributed by atoms with E-state index in [9.17, 15) is 4.79 Å². The standard InChI is InChI=1S/C10H18O4/c1-4-12-8(10-7(3)14-10)6-9(11)13-5-2/h7-8,10H,4-6H2,1-3H3. The van der Waals surface area contributed by atoms with Gasteiger partial charge in [-0.15, -0.1) is 0 Å². The van der Waals surface area contributed by atoms with E-state index in [1.807, 2.05) is 13.8 Å². The Labute approximate surface area is 84.5 Å². The summed E-state index contributed by atoms with van der Waals surface area (Å²) in [6, 6.07) is 0. The van der Waals surface area contributed by atoms with E-state index in [1.165, 1.54) is 0 Å². The first-order valence-electron chi connectivity index (χ1n) is 5.11. The van der Waals surface area contributed by atoms with Crippen LogP contribution in [0.5, 0.6) is 0 Å². The zero-order valence-corrected chi connectivity index (χ0v) is 8.99. The Balaban J connectivity index is 2.31. The molecule has 82 valence electrons. The number of esters is 1. The third-order valence-electron chi connectivity index (χ3n) is 2.18. The molecule has 0 N–H and O–H groups in total. The smallest absolute Gasteiger partial charge is 0.308 e. The van der Waals surface area contributed by atoms with E-state index in [0.717, 1.165) is 0 Å². The van der Waals surface area contributed by atoms with Gasteiger partial charge in [0.15, 0.2) is 0 Å². The Morgan fingerprint density at radius 1 is 1.43 bits per heavy atom. The van der Waals surface area contributed by atoms with Gasteiger partial charge in [0.1, 0.15) is 6.10 Å². The van der Waals surface area contributed by atoms with Crippen molar-refractivity contribution in [1.29, 1.82) is 0 Å². The van der Waals surface area contributed by atoms with Crippen LogP contribution in [0.2, 0.25) is 0 Å². The first-order valence-corrected chi connectivity index (χ1v) is 5.11. The maximum Gasteiger partial charge on any atom is 0.308 e. The summed E-state index contributed by atoms with van der Waals surface area (Å²) >= 11 is 0. The lowest BCUT2D eigenvalue weighted by Crippen LogP contribution is -2.25. The molecule has 0 radical (unpaired) electrons. The molecule has 0 amide bonds. The largest absolute Gasteiger partial charge is 0.466 e. The fourth-order valence-electron chi connectivity index (χ4n) is 1.46. The highest BCUT2D eigenvalue weighted by molar-refractivity contribution is 5.70. The third-order valence-corrected chi connectivity index (χ3v) is 2.18. The summed E-state index contributed by atoms with van der Waals surface area (Å²) in [5.41, 5.74) is 0. The molecule has 0 aliphatic carbocycles. The molecule has 4 nitrogen and oxygen atoms in total. The molecule has 0 saturated carbocycles. The van der Waals surface area contributed by atoms with Gasteiger partial charge in [-0.05, 0) is 20.8 Å². The molecule has 0 aromatic rings. The van der Waals surface area contributed by atoms with E-state index in [4.69, 9.17) is 14.2 Å². The van der Waals surface area contributed by atoms with Gasteiger partial charge in [-0.3, -0.25) is 4.79 Å². The average Bonchev–Trinajstić information content (AvgIpc) is 2.82. The lowest BCUT2D eigenvalue weighted by molar-refractivity contribution is -0.146. The molecule has 3 atom stereocenters. The van der Waals surface area contributed by atoms with Gasteiger partial charge in [-0.25, -0.2) is 0 Å². The Morgan fingerprint density at radius 2 is 2.07 bits per heavy atom. The molecule has 14 heavy (non-hydrogen) atoms. The van der Waals surface area contributed by atoms with Crippen LogP contribution in [0.15, 0.2) is 0 Å². The minimum atomic E-state index is -0.214.